The van der Waals surface area contributed by atoms with Gasteiger partial charge in [-0.1, -0.05) is 6.07 Å². The van der Waals surface area contributed by atoms with Crippen LogP contribution in [0.2, 0.25) is 0 Å². The van der Waals surface area contributed by atoms with Gasteiger partial charge in [-0.3, -0.25) is 4.79 Å². The summed E-state index contributed by atoms with van der Waals surface area (Å²) in [5.41, 5.74) is 5.55. The van der Waals surface area contributed by atoms with Crippen molar-refractivity contribution in [1.82, 2.24) is 4.98 Å². The fourth-order valence-corrected chi connectivity index (χ4v) is 2.31. The van der Waals surface area contributed by atoms with E-state index in [9.17, 15) is 4.79 Å². The zero-order valence-electron chi connectivity index (χ0n) is 11.2. The van der Waals surface area contributed by atoms with Crippen LogP contribution in [0, 0.1) is 17.4 Å². The third-order valence-electron chi connectivity index (χ3n) is 2.88. The molecule has 0 atom stereocenters. The van der Waals surface area contributed by atoms with E-state index in [0.29, 0.717) is 11.4 Å². The molecule has 0 radical (unpaired) electrons. The minimum Gasteiger partial charge on any atom is -0.322 e. The molecule has 5 nitrogen and oxygen atoms in total. The third kappa shape index (κ3) is 3.26. The van der Waals surface area contributed by atoms with Crippen molar-refractivity contribution in [2.24, 2.45) is 5.84 Å². The third-order valence-corrected chi connectivity index (χ3v) is 4.05. The Morgan fingerprint density at radius 2 is 2.05 bits per heavy atom. The Balaban J connectivity index is 2.28. The second kappa shape index (κ2) is 6.19. The monoisotopic (exact) mass is 382 g/mol. The molecule has 6 heteroatoms. The molecule has 1 heterocycles. The van der Waals surface area contributed by atoms with Crippen molar-refractivity contribution < 1.29 is 4.79 Å². The minimum absolute atomic E-state index is 0.183. The number of nitrogens with one attached hydrogen (secondary N) is 2. The molecule has 0 bridgehead atoms. The summed E-state index contributed by atoms with van der Waals surface area (Å²) in [6, 6.07) is 9.13. The van der Waals surface area contributed by atoms with Gasteiger partial charge in [-0.25, -0.2) is 10.8 Å². The van der Waals surface area contributed by atoms with Crippen molar-refractivity contribution in [2.75, 3.05) is 10.7 Å². The maximum atomic E-state index is 12.3. The maximum absolute atomic E-state index is 12.3. The number of nitrogens with two attached hydrogens (primary N) is 1. The number of benzene rings is 1. The lowest BCUT2D eigenvalue weighted by atomic mass is 10.1. The highest BCUT2D eigenvalue weighted by Gasteiger charge is 2.10. The molecule has 1 aromatic heterocycles. The van der Waals surface area contributed by atoms with E-state index < -0.39 is 0 Å². The van der Waals surface area contributed by atoms with Gasteiger partial charge in [0.2, 0.25) is 0 Å². The number of carbonyl (C=O) groups excluding carboxylic acids is 1. The average molecular weight is 382 g/mol. The van der Waals surface area contributed by atoms with Gasteiger partial charge in [-0.2, -0.15) is 0 Å². The SMILES string of the molecule is Cc1cc(C(=O)Nc2cccc(I)c2C)cc(NN)n1. The number of anilines is 2. The number of rotatable bonds is 3. The summed E-state index contributed by atoms with van der Waals surface area (Å²) < 4.78 is 1.11. The predicted molar refractivity (Wildman–Crippen MR) is 88.6 cm³/mol. The Kier molecular flexibility index (Phi) is 4.56. The first kappa shape index (κ1) is 14.7. The quantitative estimate of drug-likeness (QED) is 0.433. The summed E-state index contributed by atoms with van der Waals surface area (Å²) in [6.45, 7) is 3.79. The molecule has 0 aliphatic rings. The molecule has 2 aromatic rings. The number of hydrogen-bond acceptors (Lipinski definition) is 4. The largest absolute Gasteiger partial charge is 0.322 e. The molecule has 0 spiro atoms. The zero-order chi connectivity index (χ0) is 14.7. The summed E-state index contributed by atoms with van der Waals surface area (Å²) in [7, 11) is 0. The minimum atomic E-state index is -0.183. The van der Waals surface area contributed by atoms with Crippen LogP contribution < -0.4 is 16.6 Å². The van der Waals surface area contributed by atoms with Crippen molar-refractivity contribution in [1.29, 1.82) is 0 Å². The number of aryl methyl sites for hydroxylation is 1. The summed E-state index contributed by atoms with van der Waals surface area (Å²) in [6.07, 6.45) is 0. The lowest BCUT2D eigenvalue weighted by Gasteiger charge is -2.11. The highest BCUT2D eigenvalue weighted by Crippen LogP contribution is 2.21. The molecule has 20 heavy (non-hydrogen) atoms. The number of hydrogen-bond donors (Lipinski definition) is 3. The number of amides is 1. The number of nitrogen functional groups attached to an aromatic ring is 1. The number of halogens is 1. The first-order chi connectivity index (χ1) is 9.51. The van der Waals surface area contributed by atoms with Crippen LogP contribution in [0.15, 0.2) is 30.3 Å². The van der Waals surface area contributed by atoms with E-state index in [1.807, 2.05) is 32.0 Å². The molecule has 1 amide bonds. The second-order valence-corrected chi connectivity index (χ2v) is 5.56. The Bertz CT molecular complexity index is 658. The molecule has 104 valence electrons. The average Bonchev–Trinajstić information content (AvgIpc) is 2.43. The molecule has 0 saturated heterocycles. The van der Waals surface area contributed by atoms with E-state index >= 15 is 0 Å². The smallest absolute Gasteiger partial charge is 0.255 e. The van der Waals surface area contributed by atoms with Gasteiger partial charge in [0, 0.05) is 20.5 Å². The number of nitrogens with zero attached hydrogens (tertiary/aromatic N) is 1. The van der Waals surface area contributed by atoms with E-state index in [0.717, 1.165) is 20.5 Å². The van der Waals surface area contributed by atoms with Crippen LogP contribution in [0.1, 0.15) is 21.6 Å². The molecule has 1 aromatic carbocycles. The van der Waals surface area contributed by atoms with Gasteiger partial charge in [0.05, 0.1) is 0 Å². The van der Waals surface area contributed by atoms with Gasteiger partial charge in [-0.15, -0.1) is 0 Å². The van der Waals surface area contributed by atoms with Gasteiger partial charge < -0.3 is 10.7 Å². The zero-order valence-corrected chi connectivity index (χ0v) is 13.4. The van der Waals surface area contributed by atoms with Crippen LogP contribution in [0.5, 0.6) is 0 Å². The van der Waals surface area contributed by atoms with Crippen LogP contribution in [-0.4, -0.2) is 10.9 Å². The fourth-order valence-electron chi connectivity index (χ4n) is 1.81. The standard InChI is InChI=1S/C14H15IN4O/c1-8-6-10(7-13(17-8)19-16)14(20)18-12-5-3-4-11(15)9(12)2/h3-7H,16H2,1-2H3,(H,17,19)(H,18,20). The number of carbonyl (C=O) groups is 1. The van der Waals surface area contributed by atoms with E-state index in [2.05, 4.69) is 38.3 Å². The molecular weight excluding hydrogens is 367 g/mol. The molecule has 0 aliphatic carbocycles. The van der Waals surface area contributed by atoms with Crippen LogP contribution in [0.3, 0.4) is 0 Å². The van der Waals surface area contributed by atoms with Crippen molar-refractivity contribution in [3.05, 3.63) is 50.7 Å². The first-order valence-corrected chi connectivity index (χ1v) is 7.11. The topological polar surface area (TPSA) is 80.0 Å². The highest BCUT2D eigenvalue weighted by atomic mass is 127. The summed E-state index contributed by atoms with van der Waals surface area (Å²) in [4.78, 5) is 16.4. The summed E-state index contributed by atoms with van der Waals surface area (Å²) in [5, 5.41) is 2.91. The maximum Gasteiger partial charge on any atom is 0.255 e. The Labute approximate surface area is 131 Å². The number of hydrazine groups is 1. The van der Waals surface area contributed by atoms with E-state index in [1.165, 1.54) is 0 Å². The summed E-state index contributed by atoms with van der Waals surface area (Å²) in [5.74, 6) is 5.62. The number of aromatic nitrogens is 1. The van der Waals surface area contributed by atoms with Gasteiger partial charge >= 0.3 is 0 Å². The van der Waals surface area contributed by atoms with Crippen molar-refractivity contribution in [2.45, 2.75) is 13.8 Å². The fraction of sp³-hybridized carbons (Fsp3) is 0.143. The van der Waals surface area contributed by atoms with E-state index in [4.69, 9.17) is 5.84 Å². The molecule has 0 unspecified atom stereocenters. The molecule has 4 N–H and O–H groups in total. The first-order valence-electron chi connectivity index (χ1n) is 6.03. The Morgan fingerprint density at radius 3 is 2.75 bits per heavy atom. The molecular formula is C14H15IN4O. The summed E-state index contributed by atoms with van der Waals surface area (Å²) >= 11 is 2.24. The van der Waals surface area contributed by atoms with Crippen molar-refractivity contribution in [3.63, 3.8) is 0 Å². The lowest BCUT2D eigenvalue weighted by molar-refractivity contribution is 0.102. The molecule has 0 saturated carbocycles. The van der Waals surface area contributed by atoms with Gasteiger partial charge in [0.15, 0.2) is 0 Å². The van der Waals surface area contributed by atoms with Crippen molar-refractivity contribution >= 4 is 40.0 Å². The lowest BCUT2D eigenvalue weighted by Crippen LogP contribution is -2.15. The highest BCUT2D eigenvalue weighted by molar-refractivity contribution is 14.1. The van der Waals surface area contributed by atoms with Crippen LogP contribution in [-0.2, 0) is 0 Å². The van der Waals surface area contributed by atoms with Crippen LogP contribution in [0.25, 0.3) is 0 Å². The van der Waals surface area contributed by atoms with Gasteiger partial charge in [0.25, 0.3) is 5.91 Å². The Morgan fingerprint density at radius 1 is 1.30 bits per heavy atom. The number of pyridine rings is 1. The predicted octanol–water partition coefficient (Wildman–Crippen LogP) is 2.84. The normalized spacial score (nSPS) is 10.2. The Hall–Kier alpha value is -1.67. The van der Waals surface area contributed by atoms with Crippen LogP contribution >= 0.6 is 22.6 Å². The molecule has 0 aliphatic heterocycles. The van der Waals surface area contributed by atoms with E-state index in [1.54, 1.807) is 12.1 Å². The van der Waals surface area contributed by atoms with Crippen molar-refractivity contribution in [3.8, 4) is 0 Å². The van der Waals surface area contributed by atoms with Gasteiger partial charge in [0.1, 0.15) is 5.82 Å². The molecule has 0 fully saturated rings. The van der Waals surface area contributed by atoms with E-state index in [-0.39, 0.29) is 5.91 Å². The van der Waals surface area contributed by atoms with Gasteiger partial charge in [-0.05, 0) is 66.3 Å². The van der Waals surface area contributed by atoms with Crippen LogP contribution in [0.4, 0.5) is 11.5 Å². The second-order valence-electron chi connectivity index (χ2n) is 4.39. The molecule has 2 rings (SSSR count).